The summed E-state index contributed by atoms with van der Waals surface area (Å²) in [5.74, 6) is -9.62. The zero-order valence-corrected chi connectivity index (χ0v) is 42.8. The number of carbonyl (C=O) groups is 10. The van der Waals surface area contributed by atoms with Gasteiger partial charge in [-0.1, -0.05) is 53.7 Å². The van der Waals surface area contributed by atoms with Gasteiger partial charge in [-0.25, -0.2) is 9.78 Å². The van der Waals surface area contributed by atoms with Gasteiger partial charge in [0.25, 0.3) is 0 Å². The van der Waals surface area contributed by atoms with Crippen molar-refractivity contribution in [3.8, 4) is 5.82 Å². The van der Waals surface area contributed by atoms with E-state index in [0.717, 1.165) is 0 Å². The number of fused-ring (bicyclic) bond motifs is 13. The molecule has 0 saturated carbocycles. The maximum atomic E-state index is 14.9. The van der Waals surface area contributed by atoms with Crippen molar-refractivity contribution < 1.29 is 53.1 Å². The molecule has 26 nitrogen and oxygen atoms in total. The molecule has 15 N–H and O–H groups in total. The highest BCUT2D eigenvalue weighted by molar-refractivity contribution is 5.99. The second kappa shape index (κ2) is 24.8. The van der Waals surface area contributed by atoms with Gasteiger partial charge in [-0.15, -0.1) is 0 Å². The largest absolute Gasteiger partial charge is 0.480 e. The van der Waals surface area contributed by atoms with Gasteiger partial charge in [-0.3, -0.25) is 52.7 Å². The minimum absolute atomic E-state index is 0.0558. The van der Waals surface area contributed by atoms with Crippen LogP contribution in [0.3, 0.4) is 0 Å². The van der Waals surface area contributed by atoms with Crippen LogP contribution < -0.4 is 59.3 Å². The topological polar surface area (TPSA) is 397 Å². The number of hydrogen-bond donors (Lipinski definition) is 13. The van der Waals surface area contributed by atoms with Crippen molar-refractivity contribution in [2.24, 2.45) is 34.2 Å². The number of rotatable bonds is 11. The molecule has 8 atom stereocenters. The van der Waals surface area contributed by atoms with Crippen LogP contribution in [0, 0.1) is 17.8 Å². The molecule has 4 aliphatic heterocycles. The lowest BCUT2D eigenvalue weighted by molar-refractivity contribution is -0.141. The molecule has 75 heavy (non-hydrogen) atoms. The van der Waals surface area contributed by atoms with Gasteiger partial charge < -0.3 is 69.4 Å². The van der Waals surface area contributed by atoms with Crippen molar-refractivity contribution in [2.75, 3.05) is 19.6 Å². The molecule has 8 unspecified atom stereocenters. The fraction of sp³-hybridized carbons (Fsp3) is 0.551. The number of carboxylic acids is 1. The lowest BCUT2D eigenvalue weighted by Crippen LogP contribution is -2.61. The van der Waals surface area contributed by atoms with Crippen molar-refractivity contribution >= 4 is 76.0 Å². The molecule has 0 spiro atoms. The molecule has 26 heteroatoms. The number of benzene rings is 1. The van der Waals surface area contributed by atoms with Crippen LogP contribution in [-0.2, 0) is 60.8 Å². The minimum atomic E-state index is -1.50. The first-order valence-corrected chi connectivity index (χ1v) is 25.1. The summed E-state index contributed by atoms with van der Waals surface area (Å²) in [7, 11) is 0. The highest BCUT2D eigenvalue weighted by Gasteiger charge is 2.40. The highest BCUT2D eigenvalue weighted by Crippen LogP contribution is 2.35. The van der Waals surface area contributed by atoms with Gasteiger partial charge >= 0.3 is 5.97 Å². The maximum Gasteiger partial charge on any atom is 0.326 e. The Bertz CT molecular complexity index is 2710. The van der Waals surface area contributed by atoms with Crippen molar-refractivity contribution in [3.05, 3.63) is 47.5 Å². The second-order valence-corrected chi connectivity index (χ2v) is 20.3. The number of nitrogens with two attached hydrogens (primary N) is 2. The second-order valence-electron chi connectivity index (χ2n) is 20.3. The molecule has 1 aromatic carbocycles. The normalized spacial score (nSPS) is 24.7. The molecule has 406 valence electrons. The van der Waals surface area contributed by atoms with E-state index in [0.29, 0.717) is 27.8 Å². The molecule has 3 aromatic rings. The number of imidazole rings is 1. The lowest BCUT2D eigenvalue weighted by Gasteiger charge is -2.33. The number of hydrogen-bond acceptors (Lipinski definition) is 12. The average molecular weight is 1040 g/mol. The van der Waals surface area contributed by atoms with Crippen LogP contribution in [0.1, 0.15) is 96.4 Å². The van der Waals surface area contributed by atoms with Crippen LogP contribution in [0.4, 0.5) is 0 Å². The first-order chi connectivity index (χ1) is 35.5. The van der Waals surface area contributed by atoms with Gasteiger partial charge in [0, 0.05) is 54.4 Å². The van der Waals surface area contributed by atoms with E-state index in [1.54, 1.807) is 32.0 Å². The minimum Gasteiger partial charge on any atom is -0.480 e. The van der Waals surface area contributed by atoms with E-state index >= 15 is 0 Å². The molecular weight excluding hydrogens is 975 g/mol. The number of nitrogens with zero attached hydrogens (tertiary/aromatic N) is 3. The Morgan fingerprint density at radius 1 is 0.787 bits per heavy atom. The molecule has 0 radical (unpaired) electrons. The molecule has 1 saturated heterocycles. The first kappa shape index (κ1) is 56.2. The Morgan fingerprint density at radius 3 is 2.15 bits per heavy atom. The fourth-order valence-electron chi connectivity index (χ4n) is 9.49. The molecule has 1 fully saturated rings. The third kappa shape index (κ3) is 14.6. The predicted molar refractivity (Wildman–Crippen MR) is 271 cm³/mol. The molecule has 6 heterocycles. The number of H-pyrrole nitrogens is 1. The van der Waals surface area contributed by atoms with E-state index in [1.165, 1.54) is 17.1 Å². The van der Waals surface area contributed by atoms with E-state index in [2.05, 4.69) is 62.8 Å². The van der Waals surface area contributed by atoms with Gasteiger partial charge in [0.2, 0.25) is 53.2 Å². The Hall–Kier alpha value is -8.06. The zero-order valence-electron chi connectivity index (χ0n) is 42.8. The number of aromatic nitrogens is 3. The van der Waals surface area contributed by atoms with Crippen molar-refractivity contribution in [3.63, 3.8) is 0 Å². The SMILES string of the molecule is CC(C)CC1NC(=O)C(NC(=O)C2CCC(=O)N2)C(C(C)C)c2ccc3c4c([nH]c3c2)-n2cnc(c2)CC(C(=O)O)NC(=O)CNC(=O)CNC(=O)C(CCCN=C(N)N)NC(=O)C(C4)NC(=O)C(C(C)C)NC1=O. The van der Waals surface area contributed by atoms with Crippen LogP contribution >= 0.6 is 0 Å². The molecular formula is C49H69N15O11. The summed E-state index contributed by atoms with van der Waals surface area (Å²) >= 11 is 0. The summed E-state index contributed by atoms with van der Waals surface area (Å²) < 4.78 is 1.54. The lowest BCUT2D eigenvalue weighted by atomic mass is 9.81. The summed E-state index contributed by atoms with van der Waals surface area (Å²) in [5, 5.41) is 34.6. The monoisotopic (exact) mass is 1040 g/mol. The summed E-state index contributed by atoms with van der Waals surface area (Å²) in [6, 6.07) is -3.80. The van der Waals surface area contributed by atoms with Crippen LogP contribution in [0.2, 0.25) is 0 Å². The van der Waals surface area contributed by atoms with E-state index in [-0.39, 0.29) is 80.9 Å². The number of amides is 9. The predicted octanol–water partition coefficient (Wildman–Crippen LogP) is -2.53. The van der Waals surface area contributed by atoms with Crippen LogP contribution in [-0.4, -0.2) is 147 Å². The smallest absolute Gasteiger partial charge is 0.326 e. The Morgan fingerprint density at radius 2 is 1.49 bits per heavy atom. The van der Waals surface area contributed by atoms with Gasteiger partial charge in [-0.05, 0) is 55.1 Å². The third-order valence-electron chi connectivity index (χ3n) is 13.3. The standard InChI is InChI=1S/C49H69N15O11/c1-22(2)14-32-45(71)62-39(24(5)6)46(72)61-33-17-28-27-10-9-25(38(23(3)4)40(47(73)60-32)63-43(69)30-11-12-35(65)56-30)15-31(27)58-41(28)64-20-26(55-21-64)16-34(48(74)75)57-37(67)19-53-36(66)18-54-42(68)29(59-44(33)70)8-7-13-52-49(50)51/h9-10,15,20-24,29-30,32-34,38-40,58H,7-8,11-14,16-19H2,1-6H3,(H,53,66)(H,54,68)(H,56,65)(H,57,67)(H,59,70)(H,60,73)(H,61,72)(H,62,71)(H,63,69)(H,74,75)(H4,50,51,52). The van der Waals surface area contributed by atoms with Gasteiger partial charge in [-0.2, -0.15) is 0 Å². The quantitative estimate of drug-likeness (QED) is 0.0408. The fourth-order valence-corrected chi connectivity index (χ4v) is 9.49. The average Bonchev–Trinajstić information content (AvgIpc) is 4.09. The van der Waals surface area contributed by atoms with Crippen molar-refractivity contribution in [1.29, 1.82) is 0 Å². The molecule has 0 aliphatic carbocycles. The Balaban J connectivity index is 1.57. The number of aromatic amines is 1. The molecule has 4 aliphatic rings. The van der Waals surface area contributed by atoms with Gasteiger partial charge in [0.15, 0.2) is 5.96 Å². The number of aliphatic carboxylic acids is 1. The van der Waals surface area contributed by atoms with E-state index in [1.807, 2.05) is 27.7 Å². The van der Waals surface area contributed by atoms with E-state index in [4.69, 9.17) is 11.5 Å². The summed E-state index contributed by atoms with van der Waals surface area (Å²) in [4.78, 5) is 149. The number of carboxylic acid groups (broad SMARTS) is 1. The molecule has 2 aromatic heterocycles. The summed E-state index contributed by atoms with van der Waals surface area (Å²) in [5.41, 5.74) is 12.7. The summed E-state index contributed by atoms with van der Waals surface area (Å²) in [6.45, 7) is 9.55. The van der Waals surface area contributed by atoms with Crippen LogP contribution in [0.15, 0.2) is 35.7 Å². The number of nitrogens with one attached hydrogen (secondary N) is 10. The van der Waals surface area contributed by atoms with E-state index in [9.17, 15) is 53.1 Å². The third-order valence-corrected chi connectivity index (χ3v) is 13.3. The molecule has 7 bridgehead atoms. The zero-order chi connectivity index (χ0) is 54.8. The highest BCUT2D eigenvalue weighted by atomic mass is 16.4. The molecule has 9 amide bonds. The van der Waals surface area contributed by atoms with E-state index < -0.39 is 120 Å². The Kier molecular flexibility index (Phi) is 18.6. The van der Waals surface area contributed by atoms with Gasteiger partial charge in [0.1, 0.15) is 54.4 Å². The number of aliphatic imine (C=N–C) groups is 1. The van der Waals surface area contributed by atoms with Crippen LogP contribution in [0.25, 0.3) is 16.7 Å². The Labute approximate surface area is 432 Å². The van der Waals surface area contributed by atoms with Crippen LogP contribution in [0.5, 0.6) is 0 Å². The first-order valence-electron chi connectivity index (χ1n) is 25.1. The number of carbonyl (C=O) groups excluding carboxylic acids is 9. The molecule has 7 rings (SSSR count). The number of guanidine groups is 1. The maximum absolute atomic E-state index is 14.9. The van der Waals surface area contributed by atoms with Crippen molar-refractivity contribution in [2.45, 2.75) is 135 Å². The summed E-state index contributed by atoms with van der Waals surface area (Å²) in [6.07, 6.45) is 2.85. The van der Waals surface area contributed by atoms with Gasteiger partial charge in [0.05, 0.1) is 18.8 Å². The van der Waals surface area contributed by atoms with Crippen molar-refractivity contribution in [1.82, 2.24) is 62.4 Å².